The smallest absolute Gasteiger partial charge is 0.326 e. The van der Waals surface area contributed by atoms with Crippen molar-refractivity contribution in [1.29, 1.82) is 0 Å². The van der Waals surface area contributed by atoms with E-state index < -0.39 is 12.0 Å². The van der Waals surface area contributed by atoms with E-state index in [1.165, 1.54) is 0 Å². The van der Waals surface area contributed by atoms with Crippen LogP contribution in [0.4, 0.5) is 0 Å². The normalized spacial score (nSPS) is 21.0. The molecular formula is C16H22N2O3. The van der Waals surface area contributed by atoms with Crippen molar-refractivity contribution in [3.63, 3.8) is 0 Å². The summed E-state index contributed by atoms with van der Waals surface area (Å²) in [6, 6.07) is 3.03. The Bertz CT molecular complexity index is 514. The molecule has 1 amide bonds. The van der Waals surface area contributed by atoms with Crippen molar-refractivity contribution in [2.75, 3.05) is 6.54 Å². The average Bonchev–Trinajstić information content (AvgIpc) is 2.44. The van der Waals surface area contributed by atoms with Crippen LogP contribution >= 0.6 is 0 Å². The predicted molar refractivity (Wildman–Crippen MR) is 78.7 cm³/mol. The van der Waals surface area contributed by atoms with E-state index in [9.17, 15) is 14.7 Å². The lowest BCUT2D eigenvalue weighted by molar-refractivity contribution is -0.158. The number of hydrogen-bond acceptors (Lipinski definition) is 3. The first kappa shape index (κ1) is 15.5. The van der Waals surface area contributed by atoms with Crippen LogP contribution in [-0.2, 0) is 16.0 Å². The summed E-state index contributed by atoms with van der Waals surface area (Å²) >= 11 is 0. The second-order valence-electron chi connectivity index (χ2n) is 6.28. The molecule has 0 bridgehead atoms. The van der Waals surface area contributed by atoms with E-state index in [1.54, 1.807) is 17.3 Å². The van der Waals surface area contributed by atoms with Crippen LogP contribution in [-0.4, -0.2) is 39.5 Å². The van der Waals surface area contributed by atoms with E-state index in [0.717, 1.165) is 18.4 Å². The zero-order chi connectivity index (χ0) is 15.5. The maximum atomic E-state index is 12.4. The molecule has 1 N–H and O–H groups in total. The second-order valence-corrected chi connectivity index (χ2v) is 6.28. The van der Waals surface area contributed by atoms with Gasteiger partial charge in [-0.3, -0.25) is 9.78 Å². The highest BCUT2D eigenvalue weighted by Gasteiger charge is 2.44. The molecule has 5 heteroatoms. The molecule has 1 atom stereocenters. The summed E-state index contributed by atoms with van der Waals surface area (Å²) in [6.07, 6.45) is 6.04. The molecule has 5 nitrogen and oxygen atoms in total. The van der Waals surface area contributed by atoms with E-state index in [4.69, 9.17) is 0 Å². The number of amides is 1. The molecule has 0 saturated carbocycles. The molecule has 114 valence electrons. The second kappa shape index (κ2) is 6.24. The summed E-state index contributed by atoms with van der Waals surface area (Å²) in [5, 5.41) is 9.47. The van der Waals surface area contributed by atoms with Gasteiger partial charge in [0.05, 0.1) is 0 Å². The summed E-state index contributed by atoms with van der Waals surface area (Å²) < 4.78 is 0. The van der Waals surface area contributed by atoms with Gasteiger partial charge in [-0.15, -0.1) is 0 Å². The first-order valence-electron chi connectivity index (χ1n) is 7.33. The van der Waals surface area contributed by atoms with Gasteiger partial charge in [0, 0.05) is 25.4 Å². The van der Waals surface area contributed by atoms with Crippen molar-refractivity contribution in [2.24, 2.45) is 5.41 Å². The highest BCUT2D eigenvalue weighted by atomic mass is 16.4. The number of aryl methyl sites for hydroxylation is 1. The van der Waals surface area contributed by atoms with Gasteiger partial charge in [-0.2, -0.15) is 0 Å². The maximum Gasteiger partial charge on any atom is 0.326 e. The number of carbonyl (C=O) groups is 2. The number of rotatable bonds is 4. The highest BCUT2D eigenvalue weighted by molar-refractivity contribution is 5.84. The topological polar surface area (TPSA) is 70.5 Å². The third kappa shape index (κ3) is 3.60. The van der Waals surface area contributed by atoms with Crippen LogP contribution in [0.3, 0.4) is 0 Å². The molecule has 2 heterocycles. The molecule has 1 saturated heterocycles. The fourth-order valence-corrected chi connectivity index (χ4v) is 3.07. The molecule has 1 aromatic rings. The Balaban J connectivity index is 2.04. The lowest BCUT2D eigenvalue weighted by atomic mass is 9.76. The van der Waals surface area contributed by atoms with Crippen LogP contribution in [0.2, 0.25) is 0 Å². The minimum absolute atomic E-state index is 0.0842. The summed E-state index contributed by atoms with van der Waals surface area (Å²) in [5.41, 5.74) is 0.614. The molecule has 0 aromatic carbocycles. The number of carbonyl (C=O) groups excluding carboxylic acids is 1. The number of nitrogens with zero attached hydrogens (tertiary/aromatic N) is 2. The Morgan fingerprint density at radius 1 is 1.48 bits per heavy atom. The lowest BCUT2D eigenvalue weighted by Crippen LogP contribution is -2.56. The van der Waals surface area contributed by atoms with Gasteiger partial charge < -0.3 is 10.0 Å². The molecule has 1 fully saturated rings. The monoisotopic (exact) mass is 290 g/mol. The summed E-state index contributed by atoms with van der Waals surface area (Å²) in [5.74, 6) is -0.992. The number of pyridine rings is 1. The molecule has 1 aliphatic rings. The van der Waals surface area contributed by atoms with Crippen molar-refractivity contribution >= 4 is 11.9 Å². The number of hydrogen-bond donors (Lipinski definition) is 1. The van der Waals surface area contributed by atoms with Crippen LogP contribution in [0.5, 0.6) is 0 Å². The highest BCUT2D eigenvalue weighted by Crippen LogP contribution is 2.35. The summed E-state index contributed by atoms with van der Waals surface area (Å²) in [7, 11) is 0. The number of piperidine rings is 1. The molecule has 0 aliphatic carbocycles. The van der Waals surface area contributed by atoms with Gasteiger partial charge in [-0.25, -0.2) is 4.79 Å². The van der Waals surface area contributed by atoms with Gasteiger partial charge in [-0.05, 0) is 36.3 Å². The van der Waals surface area contributed by atoms with Gasteiger partial charge in [-0.1, -0.05) is 19.9 Å². The van der Waals surface area contributed by atoms with Crippen molar-refractivity contribution in [3.05, 3.63) is 30.1 Å². The molecule has 1 aromatic heterocycles. The zero-order valence-corrected chi connectivity index (χ0v) is 12.6. The Hall–Kier alpha value is -1.91. The molecule has 21 heavy (non-hydrogen) atoms. The van der Waals surface area contributed by atoms with Crippen molar-refractivity contribution < 1.29 is 14.7 Å². The van der Waals surface area contributed by atoms with E-state index >= 15 is 0 Å². The lowest BCUT2D eigenvalue weighted by Gasteiger charge is -2.44. The first-order valence-corrected chi connectivity index (χ1v) is 7.33. The predicted octanol–water partition coefficient (Wildman–Crippen LogP) is 2.12. The fraction of sp³-hybridized carbons (Fsp3) is 0.562. The Morgan fingerprint density at radius 2 is 2.24 bits per heavy atom. The van der Waals surface area contributed by atoms with E-state index in [-0.39, 0.29) is 11.3 Å². The van der Waals surface area contributed by atoms with Gasteiger partial charge >= 0.3 is 5.97 Å². The number of aliphatic carboxylic acids is 1. The SMILES string of the molecule is CC1(C)CCCN(C(=O)CCc2cccnc2)C1C(=O)O. The van der Waals surface area contributed by atoms with Crippen LogP contribution < -0.4 is 0 Å². The largest absolute Gasteiger partial charge is 0.480 e. The zero-order valence-electron chi connectivity index (χ0n) is 12.6. The molecule has 1 unspecified atom stereocenters. The number of carboxylic acids is 1. The van der Waals surface area contributed by atoms with Gasteiger partial charge in [0.15, 0.2) is 0 Å². The Morgan fingerprint density at radius 3 is 2.86 bits per heavy atom. The molecule has 2 rings (SSSR count). The Kier molecular flexibility index (Phi) is 4.60. The molecule has 0 spiro atoms. The standard InChI is InChI=1S/C16H22N2O3/c1-16(2)8-4-10-18(14(16)15(20)21)13(19)7-6-12-5-3-9-17-11-12/h3,5,9,11,14H,4,6-8,10H2,1-2H3,(H,20,21). The third-order valence-electron chi connectivity index (χ3n) is 4.18. The van der Waals surface area contributed by atoms with Crippen LogP contribution in [0.25, 0.3) is 0 Å². The minimum Gasteiger partial charge on any atom is -0.480 e. The fourth-order valence-electron chi connectivity index (χ4n) is 3.07. The van der Waals surface area contributed by atoms with Gasteiger partial charge in [0.1, 0.15) is 6.04 Å². The van der Waals surface area contributed by atoms with Crippen LogP contribution in [0.15, 0.2) is 24.5 Å². The maximum absolute atomic E-state index is 12.4. The average molecular weight is 290 g/mol. The molecule has 1 aliphatic heterocycles. The van der Waals surface area contributed by atoms with E-state index in [1.807, 2.05) is 26.0 Å². The third-order valence-corrected chi connectivity index (χ3v) is 4.18. The minimum atomic E-state index is -0.908. The van der Waals surface area contributed by atoms with Crippen molar-refractivity contribution in [2.45, 2.75) is 45.6 Å². The van der Waals surface area contributed by atoms with Gasteiger partial charge in [0.2, 0.25) is 5.91 Å². The first-order chi connectivity index (χ1) is 9.92. The van der Waals surface area contributed by atoms with Crippen LogP contribution in [0.1, 0.15) is 38.7 Å². The number of carboxylic acid groups (broad SMARTS) is 1. The quantitative estimate of drug-likeness (QED) is 0.922. The van der Waals surface area contributed by atoms with Crippen molar-refractivity contribution in [1.82, 2.24) is 9.88 Å². The summed E-state index contributed by atoms with van der Waals surface area (Å²) in [6.45, 7) is 4.38. The van der Waals surface area contributed by atoms with E-state index in [2.05, 4.69) is 4.98 Å². The van der Waals surface area contributed by atoms with Crippen LogP contribution in [0, 0.1) is 5.41 Å². The van der Waals surface area contributed by atoms with E-state index in [0.29, 0.717) is 19.4 Å². The Labute approximate surface area is 125 Å². The number of likely N-dealkylation sites (tertiary alicyclic amines) is 1. The molecule has 0 radical (unpaired) electrons. The van der Waals surface area contributed by atoms with Gasteiger partial charge in [0.25, 0.3) is 0 Å². The summed E-state index contributed by atoms with van der Waals surface area (Å²) in [4.78, 5) is 29.5. The molecular weight excluding hydrogens is 268 g/mol. The number of aromatic nitrogens is 1. The van der Waals surface area contributed by atoms with Crippen molar-refractivity contribution in [3.8, 4) is 0 Å².